The van der Waals surface area contributed by atoms with Gasteiger partial charge in [-0.2, -0.15) is 0 Å². The monoisotopic (exact) mass is 379 g/mol. The zero-order chi connectivity index (χ0) is 20.6. The molecule has 4 amide bonds. The van der Waals surface area contributed by atoms with Crippen molar-refractivity contribution in [1.82, 2.24) is 15.5 Å². The first-order chi connectivity index (χ1) is 12.6. The van der Waals surface area contributed by atoms with Crippen LogP contribution in [-0.2, 0) is 24.0 Å². The van der Waals surface area contributed by atoms with E-state index in [0.29, 0.717) is 25.8 Å². The van der Waals surface area contributed by atoms with Gasteiger partial charge in [0, 0.05) is 25.1 Å². The lowest BCUT2D eigenvalue weighted by Gasteiger charge is -2.23. The number of amides is 4. The molecule has 2 N–H and O–H groups in total. The molecular formula is C19H29N3O5. The highest BCUT2D eigenvalue weighted by Crippen LogP contribution is 2.09. The Labute approximate surface area is 159 Å². The lowest BCUT2D eigenvalue weighted by Crippen LogP contribution is -2.52. The molecule has 0 aromatic carbocycles. The highest BCUT2D eigenvalue weighted by Gasteiger charge is 2.26. The smallest absolute Gasteiger partial charge is 0.253 e. The summed E-state index contributed by atoms with van der Waals surface area (Å²) < 4.78 is 0. The third-order valence-electron chi connectivity index (χ3n) is 4.42. The molecule has 0 saturated heterocycles. The molecule has 2 atom stereocenters. The van der Waals surface area contributed by atoms with Crippen LogP contribution < -0.4 is 10.6 Å². The summed E-state index contributed by atoms with van der Waals surface area (Å²) in [5, 5.41) is 5.32. The van der Waals surface area contributed by atoms with Gasteiger partial charge in [0.15, 0.2) is 5.78 Å². The van der Waals surface area contributed by atoms with Crippen LogP contribution in [0.2, 0.25) is 0 Å². The van der Waals surface area contributed by atoms with Gasteiger partial charge in [-0.1, -0.05) is 20.3 Å². The maximum Gasteiger partial charge on any atom is 0.253 e. The zero-order valence-electron chi connectivity index (χ0n) is 16.4. The number of nitrogens with zero attached hydrogens (tertiary/aromatic N) is 1. The molecule has 0 unspecified atom stereocenters. The number of nitrogens with one attached hydrogen (secondary N) is 2. The Morgan fingerprint density at radius 1 is 0.963 bits per heavy atom. The van der Waals surface area contributed by atoms with Crippen LogP contribution in [0, 0.1) is 5.92 Å². The van der Waals surface area contributed by atoms with Gasteiger partial charge in [0.1, 0.15) is 6.04 Å². The minimum atomic E-state index is -0.704. The molecule has 1 heterocycles. The Bertz CT molecular complexity index is 609. The molecule has 0 fully saturated rings. The molecule has 27 heavy (non-hydrogen) atoms. The second kappa shape index (κ2) is 10.6. The van der Waals surface area contributed by atoms with E-state index in [2.05, 4.69) is 10.6 Å². The van der Waals surface area contributed by atoms with E-state index >= 15 is 0 Å². The second-order valence-corrected chi connectivity index (χ2v) is 7.10. The van der Waals surface area contributed by atoms with Crippen molar-refractivity contribution in [2.75, 3.05) is 6.54 Å². The summed E-state index contributed by atoms with van der Waals surface area (Å²) in [7, 11) is 0. The number of carbonyl (C=O) groups excluding carboxylic acids is 5. The molecule has 0 aliphatic carbocycles. The molecule has 8 heteroatoms. The predicted molar refractivity (Wildman–Crippen MR) is 99.4 cm³/mol. The molecule has 1 rings (SSSR count). The summed E-state index contributed by atoms with van der Waals surface area (Å²) in [5.41, 5.74) is 0. The molecule has 1 aliphatic heterocycles. The highest BCUT2D eigenvalue weighted by molar-refractivity contribution is 6.12. The topological polar surface area (TPSA) is 113 Å². The Hall–Kier alpha value is -2.51. The van der Waals surface area contributed by atoms with Crippen molar-refractivity contribution in [3.8, 4) is 0 Å². The van der Waals surface area contributed by atoms with Crippen LogP contribution in [0.25, 0.3) is 0 Å². The molecule has 0 saturated carbocycles. The minimum Gasteiger partial charge on any atom is -0.345 e. The van der Waals surface area contributed by atoms with Crippen LogP contribution in [0.4, 0.5) is 0 Å². The molecule has 0 radical (unpaired) electrons. The van der Waals surface area contributed by atoms with E-state index in [1.807, 2.05) is 13.8 Å². The lowest BCUT2D eigenvalue weighted by molar-refractivity contribution is -0.137. The Balaban J connectivity index is 2.33. The quantitative estimate of drug-likeness (QED) is 0.405. The van der Waals surface area contributed by atoms with Gasteiger partial charge in [0.2, 0.25) is 11.8 Å². The molecule has 0 aromatic rings. The van der Waals surface area contributed by atoms with Crippen LogP contribution in [-0.4, -0.2) is 52.9 Å². The maximum atomic E-state index is 12.3. The molecule has 150 valence electrons. The Kier molecular flexibility index (Phi) is 8.84. The van der Waals surface area contributed by atoms with E-state index < -0.39 is 12.1 Å². The number of hydrogen-bond acceptors (Lipinski definition) is 5. The molecular weight excluding hydrogens is 350 g/mol. The number of ketones is 1. The van der Waals surface area contributed by atoms with Gasteiger partial charge < -0.3 is 10.6 Å². The first-order valence-corrected chi connectivity index (χ1v) is 9.27. The van der Waals surface area contributed by atoms with Gasteiger partial charge >= 0.3 is 0 Å². The Morgan fingerprint density at radius 2 is 1.56 bits per heavy atom. The minimum absolute atomic E-state index is 0.118. The first kappa shape index (κ1) is 22.5. The van der Waals surface area contributed by atoms with Crippen LogP contribution in [0.3, 0.4) is 0 Å². The summed E-state index contributed by atoms with van der Waals surface area (Å²) in [4.78, 5) is 59.7. The summed E-state index contributed by atoms with van der Waals surface area (Å²) in [6.45, 7) is 6.98. The Morgan fingerprint density at radius 3 is 2.07 bits per heavy atom. The van der Waals surface area contributed by atoms with Gasteiger partial charge in [-0.15, -0.1) is 0 Å². The van der Waals surface area contributed by atoms with Gasteiger partial charge in [0.05, 0.1) is 6.04 Å². The SMILES string of the molecule is CC(=O)[C@H](C)NC(=O)[C@@H](NC(=O)CCCCCN1C(=O)C=CC1=O)C(C)C. The van der Waals surface area contributed by atoms with Crippen LogP contribution in [0.5, 0.6) is 0 Å². The third-order valence-corrected chi connectivity index (χ3v) is 4.42. The summed E-state index contributed by atoms with van der Waals surface area (Å²) >= 11 is 0. The van der Waals surface area contributed by atoms with Crippen LogP contribution in [0.15, 0.2) is 12.2 Å². The average Bonchev–Trinajstić information content (AvgIpc) is 2.90. The van der Waals surface area contributed by atoms with E-state index in [-0.39, 0.29) is 41.8 Å². The average molecular weight is 379 g/mol. The van der Waals surface area contributed by atoms with Crippen LogP contribution >= 0.6 is 0 Å². The fraction of sp³-hybridized carbons (Fsp3) is 0.632. The van der Waals surface area contributed by atoms with Crippen molar-refractivity contribution < 1.29 is 24.0 Å². The standard InChI is InChI=1S/C19H29N3O5/c1-12(2)18(19(27)20-13(3)14(4)23)21-15(24)8-6-5-7-11-22-16(25)9-10-17(22)26/h9-10,12-13,18H,5-8,11H2,1-4H3,(H,20,27)(H,21,24)/t13-,18-/m0/s1. The largest absolute Gasteiger partial charge is 0.345 e. The van der Waals surface area contributed by atoms with Crippen molar-refractivity contribution in [3.05, 3.63) is 12.2 Å². The van der Waals surface area contributed by atoms with Crippen molar-refractivity contribution >= 4 is 29.4 Å². The zero-order valence-corrected chi connectivity index (χ0v) is 16.4. The normalized spacial score (nSPS) is 15.8. The van der Waals surface area contributed by atoms with Crippen molar-refractivity contribution in [3.63, 3.8) is 0 Å². The van der Waals surface area contributed by atoms with E-state index in [1.54, 1.807) is 6.92 Å². The van der Waals surface area contributed by atoms with Gasteiger partial charge in [-0.25, -0.2) is 0 Å². The number of rotatable bonds is 11. The van der Waals surface area contributed by atoms with Gasteiger partial charge in [-0.3, -0.25) is 28.9 Å². The summed E-state index contributed by atoms with van der Waals surface area (Å²) in [6, 6.07) is -1.30. The number of imide groups is 1. The third kappa shape index (κ3) is 7.32. The number of unbranched alkanes of at least 4 members (excludes halogenated alkanes) is 2. The van der Waals surface area contributed by atoms with E-state index in [1.165, 1.54) is 24.0 Å². The fourth-order valence-corrected chi connectivity index (χ4v) is 2.57. The molecule has 0 aromatic heterocycles. The van der Waals surface area contributed by atoms with E-state index in [0.717, 1.165) is 0 Å². The predicted octanol–water partition coefficient (Wildman–Crippen LogP) is 0.706. The number of hydrogen-bond donors (Lipinski definition) is 2. The molecule has 1 aliphatic rings. The second-order valence-electron chi connectivity index (χ2n) is 7.10. The van der Waals surface area contributed by atoms with Gasteiger partial charge in [-0.05, 0) is 32.6 Å². The van der Waals surface area contributed by atoms with Gasteiger partial charge in [0.25, 0.3) is 11.8 Å². The summed E-state index contributed by atoms with van der Waals surface area (Å²) in [6.07, 6.45) is 4.64. The lowest BCUT2D eigenvalue weighted by atomic mass is 10.0. The number of carbonyl (C=O) groups is 5. The molecule has 0 bridgehead atoms. The van der Waals surface area contributed by atoms with Crippen molar-refractivity contribution in [1.29, 1.82) is 0 Å². The van der Waals surface area contributed by atoms with Crippen molar-refractivity contribution in [2.24, 2.45) is 5.92 Å². The van der Waals surface area contributed by atoms with E-state index in [4.69, 9.17) is 0 Å². The van der Waals surface area contributed by atoms with E-state index in [9.17, 15) is 24.0 Å². The maximum absolute atomic E-state index is 12.3. The highest BCUT2D eigenvalue weighted by atomic mass is 16.2. The molecule has 8 nitrogen and oxygen atoms in total. The molecule has 0 spiro atoms. The fourth-order valence-electron chi connectivity index (χ4n) is 2.57. The first-order valence-electron chi connectivity index (χ1n) is 9.27. The van der Waals surface area contributed by atoms with Crippen LogP contribution in [0.1, 0.15) is 53.4 Å². The van der Waals surface area contributed by atoms with Crippen molar-refractivity contribution in [2.45, 2.75) is 65.5 Å². The number of Topliss-reactive ketones (excluding diaryl/α,β-unsaturated/α-hetero) is 1. The summed E-state index contributed by atoms with van der Waals surface area (Å²) in [5.74, 6) is -1.49.